The summed E-state index contributed by atoms with van der Waals surface area (Å²) >= 11 is 0. The predicted molar refractivity (Wildman–Crippen MR) is 68.7 cm³/mol. The Kier molecular flexibility index (Phi) is 5.53. The molecule has 94 valence electrons. The average Bonchev–Trinajstić information content (AvgIpc) is 2.34. The van der Waals surface area contributed by atoms with Crippen molar-refractivity contribution in [3.05, 3.63) is 35.9 Å². The number of alkyl carbamates (subject to hydrolysis) is 1. The van der Waals surface area contributed by atoms with Crippen LogP contribution in [0.1, 0.15) is 32.8 Å². The molecule has 3 nitrogen and oxygen atoms in total. The van der Waals surface area contributed by atoms with Gasteiger partial charge in [-0.2, -0.15) is 0 Å². The summed E-state index contributed by atoms with van der Waals surface area (Å²) in [7, 11) is 0. The van der Waals surface area contributed by atoms with Crippen molar-refractivity contribution in [2.75, 3.05) is 0 Å². The number of ether oxygens (including phenoxy) is 1. The Bertz CT molecular complexity index is 335. The van der Waals surface area contributed by atoms with Gasteiger partial charge >= 0.3 is 6.09 Å². The molecule has 0 saturated carbocycles. The van der Waals surface area contributed by atoms with Crippen molar-refractivity contribution in [3.8, 4) is 0 Å². The van der Waals surface area contributed by atoms with Gasteiger partial charge in [0.25, 0.3) is 0 Å². The number of amides is 1. The zero-order valence-corrected chi connectivity index (χ0v) is 10.8. The molecule has 0 unspecified atom stereocenters. The Labute approximate surface area is 103 Å². The van der Waals surface area contributed by atoms with E-state index in [0.29, 0.717) is 12.5 Å². The average molecular weight is 235 g/mol. The van der Waals surface area contributed by atoms with E-state index >= 15 is 0 Å². The van der Waals surface area contributed by atoms with Crippen molar-refractivity contribution in [2.45, 2.75) is 39.8 Å². The molecule has 1 aromatic rings. The number of hydrogen-bond donors (Lipinski definition) is 1. The molecule has 0 aliphatic rings. The van der Waals surface area contributed by atoms with Gasteiger partial charge in [-0.05, 0) is 17.9 Å². The predicted octanol–water partition coefficient (Wildman–Crippen LogP) is 3.35. The van der Waals surface area contributed by atoms with Crippen LogP contribution in [0, 0.1) is 5.92 Å². The Morgan fingerprint density at radius 1 is 1.29 bits per heavy atom. The fourth-order valence-electron chi connectivity index (χ4n) is 1.66. The van der Waals surface area contributed by atoms with Crippen molar-refractivity contribution < 1.29 is 9.53 Å². The van der Waals surface area contributed by atoms with Gasteiger partial charge in [-0.1, -0.05) is 51.1 Å². The first-order chi connectivity index (χ1) is 8.13. The number of hydrogen-bond acceptors (Lipinski definition) is 2. The molecule has 1 aromatic carbocycles. The molecule has 1 amide bonds. The third-order valence-corrected chi connectivity index (χ3v) is 2.76. The van der Waals surface area contributed by atoms with Gasteiger partial charge in [-0.25, -0.2) is 4.79 Å². The van der Waals surface area contributed by atoms with Gasteiger partial charge in [0.1, 0.15) is 6.61 Å². The molecule has 0 aromatic heterocycles. The minimum absolute atomic E-state index is 0.179. The summed E-state index contributed by atoms with van der Waals surface area (Å²) in [6.07, 6.45) is 0.576. The second-order valence-corrected chi connectivity index (χ2v) is 4.46. The second-order valence-electron chi connectivity index (χ2n) is 4.46. The normalized spacial score (nSPS) is 12.2. The van der Waals surface area contributed by atoms with Crippen LogP contribution in [0.25, 0.3) is 0 Å². The fourth-order valence-corrected chi connectivity index (χ4v) is 1.66. The maximum atomic E-state index is 11.6. The summed E-state index contributed by atoms with van der Waals surface area (Å²) < 4.78 is 5.16. The maximum Gasteiger partial charge on any atom is 0.407 e. The van der Waals surface area contributed by atoms with E-state index < -0.39 is 0 Å². The summed E-state index contributed by atoms with van der Waals surface area (Å²) in [5.74, 6) is 0.421. The molecular formula is C14H21NO2. The molecule has 0 bridgehead atoms. The molecule has 1 atom stereocenters. The monoisotopic (exact) mass is 235 g/mol. The fraction of sp³-hybridized carbons (Fsp3) is 0.500. The SMILES string of the molecule is CC[C@H](NC(=O)OCc1ccccc1)C(C)C. The van der Waals surface area contributed by atoms with Gasteiger partial charge in [0.15, 0.2) is 0 Å². The first-order valence-electron chi connectivity index (χ1n) is 6.10. The van der Waals surface area contributed by atoms with Gasteiger partial charge in [-0.15, -0.1) is 0 Å². The van der Waals surface area contributed by atoms with Crippen LogP contribution in [0.2, 0.25) is 0 Å². The highest BCUT2D eigenvalue weighted by Gasteiger charge is 2.14. The lowest BCUT2D eigenvalue weighted by atomic mass is 10.0. The van der Waals surface area contributed by atoms with Crippen LogP contribution in [0.5, 0.6) is 0 Å². The van der Waals surface area contributed by atoms with Gasteiger partial charge in [0.2, 0.25) is 0 Å². The summed E-state index contributed by atoms with van der Waals surface area (Å²) in [6.45, 7) is 6.56. The molecule has 0 fully saturated rings. The van der Waals surface area contributed by atoms with Crippen LogP contribution < -0.4 is 5.32 Å². The molecule has 1 rings (SSSR count). The molecule has 0 spiro atoms. The lowest BCUT2D eigenvalue weighted by Gasteiger charge is -2.20. The topological polar surface area (TPSA) is 38.3 Å². The highest BCUT2D eigenvalue weighted by molar-refractivity contribution is 5.67. The van der Waals surface area contributed by atoms with E-state index in [1.807, 2.05) is 30.3 Å². The minimum Gasteiger partial charge on any atom is -0.445 e. The third-order valence-electron chi connectivity index (χ3n) is 2.76. The van der Waals surface area contributed by atoms with Crippen molar-refractivity contribution in [1.29, 1.82) is 0 Å². The Hall–Kier alpha value is -1.51. The standard InChI is InChI=1S/C14H21NO2/c1-4-13(11(2)3)15-14(16)17-10-12-8-6-5-7-9-12/h5-9,11,13H,4,10H2,1-3H3,(H,15,16)/t13-/m0/s1. The highest BCUT2D eigenvalue weighted by Crippen LogP contribution is 2.06. The van der Waals surface area contributed by atoms with Crippen LogP contribution in [0.4, 0.5) is 4.79 Å². The summed E-state index contributed by atoms with van der Waals surface area (Å²) in [5, 5.41) is 2.88. The number of nitrogens with one attached hydrogen (secondary N) is 1. The lowest BCUT2D eigenvalue weighted by Crippen LogP contribution is -2.38. The van der Waals surface area contributed by atoms with E-state index in [4.69, 9.17) is 4.74 Å². The van der Waals surface area contributed by atoms with Crippen LogP contribution in [0.3, 0.4) is 0 Å². The van der Waals surface area contributed by atoms with Crippen molar-refractivity contribution in [2.24, 2.45) is 5.92 Å². The second kappa shape index (κ2) is 6.94. The van der Waals surface area contributed by atoms with E-state index in [2.05, 4.69) is 26.1 Å². The van der Waals surface area contributed by atoms with Crippen LogP contribution in [-0.2, 0) is 11.3 Å². The summed E-state index contributed by atoms with van der Waals surface area (Å²) in [4.78, 5) is 11.6. The zero-order valence-electron chi connectivity index (χ0n) is 10.8. The van der Waals surface area contributed by atoms with Gasteiger partial charge in [0, 0.05) is 6.04 Å². The van der Waals surface area contributed by atoms with Crippen LogP contribution in [0.15, 0.2) is 30.3 Å². The Balaban J connectivity index is 2.35. The van der Waals surface area contributed by atoms with Crippen LogP contribution in [-0.4, -0.2) is 12.1 Å². The van der Waals surface area contributed by atoms with Crippen molar-refractivity contribution in [3.63, 3.8) is 0 Å². The Morgan fingerprint density at radius 2 is 1.94 bits per heavy atom. The summed E-state index contributed by atoms with van der Waals surface area (Å²) in [5.41, 5.74) is 1.00. The van der Waals surface area contributed by atoms with Crippen molar-refractivity contribution >= 4 is 6.09 Å². The number of carbonyl (C=O) groups excluding carboxylic acids is 1. The summed E-state index contributed by atoms with van der Waals surface area (Å²) in [6, 6.07) is 9.85. The molecular weight excluding hydrogens is 214 g/mol. The van der Waals surface area contributed by atoms with E-state index in [0.717, 1.165) is 12.0 Å². The first-order valence-corrected chi connectivity index (χ1v) is 6.10. The van der Waals surface area contributed by atoms with E-state index in [-0.39, 0.29) is 12.1 Å². The molecule has 3 heteroatoms. The number of benzene rings is 1. The quantitative estimate of drug-likeness (QED) is 0.850. The molecule has 0 aliphatic carbocycles. The Morgan fingerprint density at radius 3 is 2.47 bits per heavy atom. The van der Waals surface area contributed by atoms with Gasteiger partial charge in [-0.3, -0.25) is 0 Å². The maximum absolute atomic E-state index is 11.6. The highest BCUT2D eigenvalue weighted by atomic mass is 16.5. The molecule has 0 saturated heterocycles. The molecule has 1 N–H and O–H groups in total. The van der Waals surface area contributed by atoms with E-state index in [9.17, 15) is 4.79 Å². The lowest BCUT2D eigenvalue weighted by molar-refractivity contribution is 0.132. The molecule has 17 heavy (non-hydrogen) atoms. The minimum atomic E-state index is -0.339. The van der Waals surface area contributed by atoms with Gasteiger partial charge < -0.3 is 10.1 Å². The third kappa shape index (κ3) is 4.89. The molecule has 0 heterocycles. The van der Waals surface area contributed by atoms with Gasteiger partial charge in [0.05, 0.1) is 0 Å². The van der Waals surface area contributed by atoms with Crippen molar-refractivity contribution in [1.82, 2.24) is 5.32 Å². The zero-order chi connectivity index (χ0) is 12.7. The smallest absolute Gasteiger partial charge is 0.407 e. The van der Waals surface area contributed by atoms with E-state index in [1.54, 1.807) is 0 Å². The molecule has 0 radical (unpaired) electrons. The molecule has 0 aliphatic heterocycles. The van der Waals surface area contributed by atoms with E-state index in [1.165, 1.54) is 0 Å². The first kappa shape index (κ1) is 13.6. The largest absolute Gasteiger partial charge is 0.445 e. The number of carbonyl (C=O) groups is 1. The number of rotatable bonds is 5. The van der Waals surface area contributed by atoms with Crippen LogP contribution >= 0.6 is 0 Å².